The van der Waals surface area contributed by atoms with Crippen LogP contribution < -0.4 is 15.0 Å². The molecule has 0 saturated carbocycles. The topological polar surface area (TPSA) is 89.5 Å². The molecule has 0 unspecified atom stereocenters. The molecule has 0 amide bonds. The van der Waals surface area contributed by atoms with E-state index in [1.165, 1.54) is 4.68 Å². The molecule has 0 radical (unpaired) electrons. The summed E-state index contributed by atoms with van der Waals surface area (Å²) in [4.78, 5) is 18.1. The van der Waals surface area contributed by atoms with E-state index in [9.17, 15) is 4.79 Å². The molecule has 0 aliphatic heterocycles. The van der Waals surface area contributed by atoms with Gasteiger partial charge in [-0.1, -0.05) is 48.5 Å². The summed E-state index contributed by atoms with van der Waals surface area (Å²) in [7, 11) is 0. The van der Waals surface area contributed by atoms with Crippen molar-refractivity contribution in [1.29, 1.82) is 5.26 Å². The molecule has 0 spiro atoms. The van der Waals surface area contributed by atoms with Gasteiger partial charge in [0.2, 0.25) is 0 Å². The number of fused-ring (bicyclic) bond motifs is 1. The van der Waals surface area contributed by atoms with E-state index in [1.807, 2.05) is 61.5 Å². The smallest absolute Gasteiger partial charge is 0.282 e. The number of para-hydroxylation sites is 1. The van der Waals surface area contributed by atoms with Crippen molar-refractivity contribution in [1.82, 2.24) is 9.66 Å². The highest BCUT2D eigenvalue weighted by Gasteiger charge is 2.14. The Kier molecular flexibility index (Phi) is 7.34. The average Bonchev–Trinajstić information content (AvgIpc) is 2.88. The van der Waals surface area contributed by atoms with E-state index in [-0.39, 0.29) is 12.2 Å². The van der Waals surface area contributed by atoms with Gasteiger partial charge in [-0.2, -0.15) is 15.0 Å². The number of allylic oxidation sites excluding steroid dienone is 1. The molecule has 1 heterocycles. The molecule has 0 aliphatic rings. The van der Waals surface area contributed by atoms with Crippen molar-refractivity contribution in [3.8, 4) is 29.0 Å². The van der Waals surface area contributed by atoms with E-state index >= 15 is 0 Å². The van der Waals surface area contributed by atoms with Gasteiger partial charge >= 0.3 is 0 Å². The van der Waals surface area contributed by atoms with Crippen LogP contribution in [0.2, 0.25) is 0 Å². The molecule has 0 N–H and O–H groups in total. The van der Waals surface area contributed by atoms with Crippen LogP contribution in [0.4, 0.5) is 0 Å². The molecule has 7 heteroatoms. The van der Waals surface area contributed by atoms with Crippen molar-refractivity contribution in [2.75, 3.05) is 13.2 Å². The Balaban J connectivity index is 1.86. The number of ether oxygens (including phenoxy) is 2. The van der Waals surface area contributed by atoms with E-state index in [2.05, 4.69) is 11.7 Å². The van der Waals surface area contributed by atoms with Crippen LogP contribution in [-0.4, -0.2) is 29.1 Å². The molecule has 0 atom stereocenters. The number of benzene rings is 3. The van der Waals surface area contributed by atoms with Crippen molar-refractivity contribution >= 4 is 17.1 Å². The third-order valence-electron chi connectivity index (χ3n) is 5.21. The summed E-state index contributed by atoms with van der Waals surface area (Å²) < 4.78 is 12.7. The van der Waals surface area contributed by atoms with Gasteiger partial charge in [-0.3, -0.25) is 4.79 Å². The molecule has 35 heavy (non-hydrogen) atoms. The monoisotopic (exact) mass is 464 g/mol. The van der Waals surface area contributed by atoms with Crippen LogP contribution in [0.3, 0.4) is 0 Å². The number of nitriles is 1. The number of hydrogen-bond acceptors (Lipinski definition) is 6. The van der Waals surface area contributed by atoms with Gasteiger partial charge < -0.3 is 9.47 Å². The largest absolute Gasteiger partial charge is 0.490 e. The molecule has 3 aromatic carbocycles. The summed E-state index contributed by atoms with van der Waals surface area (Å²) in [5, 5.41) is 14.0. The Hall–Kier alpha value is -4.70. The molecule has 4 aromatic rings. The lowest BCUT2D eigenvalue weighted by atomic mass is 10.1. The maximum absolute atomic E-state index is 13.4. The van der Waals surface area contributed by atoms with Gasteiger partial charge in [-0.05, 0) is 43.2 Å². The van der Waals surface area contributed by atoms with Crippen LogP contribution in [0.5, 0.6) is 11.5 Å². The van der Waals surface area contributed by atoms with E-state index in [0.29, 0.717) is 46.8 Å². The van der Waals surface area contributed by atoms with E-state index in [4.69, 9.17) is 19.7 Å². The number of rotatable bonds is 9. The van der Waals surface area contributed by atoms with Crippen LogP contribution >= 0.6 is 0 Å². The minimum Gasteiger partial charge on any atom is -0.490 e. The summed E-state index contributed by atoms with van der Waals surface area (Å²) >= 11 is 0. The second-order valence-electron chi connectivity index (χ2n) is 7.56. The molecule has 4 rings (SSSR count). The minimum atomic E-state index is -0.268. The third-order valence-corrected chi connectivity index (χ3v) is 5.21. The zero-order valence-corrected chi connectivity index (χ0v) is 19.3. The molecule has 0 bridgehead atoms. The van der Waals surface area contributed by atoms with Gasteiger partial charge in [0.15, 0.2) is 23.9 Å². The third kappa shape index (κ3) is 5.12. The minimum absolute atomic E-state index is 0.101. The Morgan fingerprint density at radius 1 is 1.11 bits per heavy atom. The standard InChI is InChI=1S/C28H24N4O3/c1-3-10-22-17-20(18-25(34-4-2)26(22)35-16-15-29)19-30-32-27(21-11-6-5-7-12-21)31-24-14-9-8-13-23(24)28(32)33/h3,5-9,11-14,17-19H,1,4,10,16H2,2H3. The van der Waals surface area contributed by atoms with Gasteiger partial charge in [0, 0.05) is 11.1 Å². The van der Waals surface area contributed by atoms with Gasteiger partial charge in [-0.25, -0.2) is 4.98 Å². The van der Waals surface area contributed by atoms with E-state index < -0.39 is 0 Å². The zero-order chi connectivity index (χ0) is 24.6. The molecule has 174 valence electrons. The zero-order valence-electron chi connectivity index (χ0n) is 19.3. The van der Waals surface area contributed by atoms with Crippen molar-refractivity contribution in [3.05, 3.63) is 101 Å². The lowest BCUT2D eigenvalue weighted by Crippen LogP contribution is -2.20. The fraction of sp³-hybridized carbons (Fsp3) is 0.143. The fourth-order valence-corrected chi connectivity index (χ4v) is 3.73. The highest BCUT2D eigenvalue weighted by atomic mass is 16.5. The molecule has 1 aromatic heterocycles. The average molecular weight is 465 g/mol. The highest BCUT2D eigenvalue weighted by Crippen LogP contribution is 2.33. The van der Waals surface area contributed by atoms with Gasteiger partial charge in [0.05, 0.1) is 23.7 Å². The maximum atomic E-state index is 13.4. The first-order valence-electron chi connectivity index (χ1n) is 11.2. The first kappa shape index (κ1) is 23.5. The first-order chi connectivity index (χ1) is 17.2. The summed E-state index contributed by atoms with van der Waals surface area (Å²) in [6.45, 7) is 6.00. The SMILES string of the molecule is C=CCc1cc(C=Nn2c(-c3ccccc3)nc3ccccc3c2=O)cc(OCC)c1OCC#N. The molecular formula is C28H24N4O3. The van der Waals surface area contributed by atoms with Gasteiger partial charge in [0.25, 0.3) is 5.56 Å². The molecule has 0 aliphatic carbocycles. The highest BCUT2D eigenvalue weighted by molar-refractivity contribution is 5.83. The quantitative estimate of drug-likeness (QED) is 0.258. The predicted octanol–water partition coefficient (Wildman–Crippen LogP) is 4.98. The maximum Gasteiger partial charge on any atom is 0.282 e. The summed E-state index contributed by atoms with van der Waals surface area (Å²) in [5.41, 5.74) is 2.61. The van der Waals surface area contributed by atoms with Crippen LogP contribution in [0.15, 0.2) is 89.3 Å². The molecule has 7 nitrogen and oxygen atoms in total. The Labute approximate surface area is 203 Å². The molecule has 0 fully saturated rings. The second kappa shape index (κ2) is 10.9. The van der Waals surface area contributed by atoms with E-state index in [1.54, 1.807) is 30.5 Å². The van der Waals surface area contributed by atoms with Gasteiger partial charge in [-0.15, -0.1) is 6.58 Å². The number of aromatic nitrogens is 2. The number of hydrogen-bond donors (Lipinski definition) is 0. The molecular weight excluding hydrogens is 440 g/mol. The van der Waals surface area contributed by atoms with Crippen molar-refractivity contribution in [3.63, 3.8) is 0 Å². The van der Waals surface area contributed by atoms with Crippen molar-refractivity contribution in [2.24, 2.45) is 5.10 Å². The summed E-state index contributed by atoms with van der Waals surface area (Å²) in [5.74, 6) is 1.44. The summed E-state index contributed by atoms with van der Waals surface area (Å²) in [6, 6.07) is 22.3. The van der Waals surface area contributed by atoms with Crippen molar-refractivity contribution in [2.45, 2.75) is 13.3 Å². The first-order valence-corrected chi connectivity index (χ1v) is 11.2. The van der Waals surface area contributed by atoms with E-state index in [0.717, 1.165) is 11.1 Å². The Bertz CT molecular complexity index is 1480. The fourth-order valence-electron chi connectivity index (χ4n) is 3.73. The van der Waals surface area contributed by atoms with Crippen LogP contribution in [0.25, 0.3) is 22.3 Å². The lowest BCUT2D eigenvalue weighted by Gasteiger charge is -2.15. The Morgan fingerprint density at radius 2 is 1.89 bits per heavy atom. The van der Waals surface area contributed by atoms with Crippen LogP contribution in [0.1, 0.15) is 18.1 Å². The number of nitrogens with zero attached hydrogens (tertiary/aromatic N) is 4. The normalized spacial score (nSPS) is 10.9. The van der Waals surface area contributed by atoms with Crippen molar-refractivity contribution < 1.29 is 9.47 Å². The van der Waals surface area contributed by atoms with Gasteiger partial charge in [0.1, 0.15) is 6.07 Å². The predicted molar refractivity (Wildman–Crippen MR) is 137 cm³/mol. The summed E-state index contributed by atoms with van der Waals surface area (Å²) in [6.07, 6.45) is 3.85. The molecule has 0 saturated heterocycles. The second-order valence-corrected chi connectivity index (χ2v) is 7.56. The lowest BCUT2D eigenvalue weighted by molar-refractivity contribution is 0.297. The Morgan fingerprint density at radius 3 is 2.63 bits per heavy atom. The van der Waals surface area contributed by atoms with Crippen LogP contribution in [0, 0.1) is 11.3 Å². The van der Waals surface area contributed by atoms with Crippen LogP contribution in [-0.2, 0) is 6.42 Å².